The van der Waals surface area contributed by atoms with Gasteiger partial charge in [0.1, 0.15) is 11.0 Å². The third-order valence-electron chi connectivity index (χ3n) is 3.90. The molecule has 0 amide bonds. The number of benzene rings is 1. The van der Waals surface area contributed by atoms with Gasteiger partial charge >= 0.3 is 0 Å². The van der Waals surface area contributed by atoms with Crippen LogP contribution >= 0.6 is 11.6 Å². The molecule has 3 heterocycles. The van der Waals surface area contributed by atoms with E-state index in [1.165, 1.54) is 12.8 Å². The summed E-state index contributed by atoms with van der Waals surface area (Å²) in [5.74, 6) is 1.05. The summed E-state index contributed by atoms with van der Waals surface area (Å²) in [5.41, 5.74) is 1.82. The van der Waals surface area contributed by atoms with Crippen molar-refractivity contribution in [3.05, 3.63) is 41.6 Å². The van der Waals surface area contributed by atoms with E-state index in [0.717, 1.165) is 40.7 Å². The summed E-state index contributed by atoms with van der Waals surface area (Å²) in [6.45, 7) is 2.19. The number of hydrogen-bond acceptors (Lipinski definition) is 3. The summed E-state index contributed by atoms with van der Waals surface area (Å²) in [4.78, 5) is 11.6. The highest BCUT2D eigenvalue weighted by Crippen LogP contribution is 2.27. The van der Waals surface area contributed by atoms with Gasteiger partial charge in [-0.2, -0.15) is 0 Å². The first-order valence-corrected chi connectivity index (χ1v) is 7.30. The Bertz CT molecular complexity index is 794. The molecule has 3 nitrogen and oxygen atoms in total. The monoisotopic (exact) mass is 283 g/mol. The summed E-state index contributed by atoms with van der Waals surface area (Å²) in [6, 6.07) is 12.2. The van der Waals surface area contributed by atoms with Gasteiger partial charge in [0.25, 0.3) is 0 Å². The van der Waals surface area contributed by atoms with Crippen LogP contribution in [0.2, 0.25) is 5.15 Å². The summed E-state index contributed by atoms with van der Waals surface area (Å²) >= 11 is 6.04. The molecule has 0 N–H and O–H groups in total. The number of rotatable bonds is 1. The first kappa shape index (κ1) is 11.9. The van der Waals surface area contributed by atoms with E-state index in [9.17, 15) is 0 Å². The lowest BCUT2D eigenvalue weighted by Gasteiger charge is -2.16. The van der Waals surface area contributed by atoms with Gasteiger partial charge in [0.05, 0.1) is 11.0 Å². The average Bonchev–Trinajstić information content (AvgIpc) is 3.01. The number of aromatic nitrogens is 2. The molecular formula is C16H14ClN3. The fourth-order valence-electron chi connectivity index (χ4n) is 2.86. The number of pyridine rings is 2. The second-order valence-corrected chi connectivity index (χ2v) is 5.59. The lowest BCUT2D eigenvalue weighted by Crippen LogP contribution is -2.18. The molecule has 0 saturated carbocycles. The van der Waals surface area contributed by atoms with Crippen LogP contribution in [0.5, 0.6) is 0 Å². The molecule has 1 aliphatic heterocycles. The Labute approximate surface area is 122 Å². The highest BCUT2D eigenvalue weighted by molar-refractivity contribution is 6.30. The Balaban J connectivity index is 1.98. The van der Waals surface area contributed by atoms with E-state index >= 15 is 0 Å². The zero-order valence-electron chi connectivity index (χ0n) is 11.0. The van der Waals surface area contributed by atoms with Gasteiger partial charge in [0.15, 0.2) is 0 Å². The largest absolute Gasteiger partial charge is 0.357 e. The first-order chi connectivity index (χ1) is 9.81. The quantitative estimate of drug-likeness (QED) is 0.499. The third kappa shape index (κ3) is 1.90. The number of hydrogen-bond donors (Lipinski definition) is 0. The van der Waals surface area contributed by atoms with Crippen molar-refractivity contribution >= 4 is 39.2 Å². The molecule has 20 heavy (non-hydrogen) atoms. The highest BCUT2D eigenvalue weighted by atomic mass is 35.5. The van der Waals surface area contributed by atoms with E-state index in [1.54, 1.807) is 0 Å². The van der Waals surface area contributed by atoms with Gasteiger partial charge in [-0.1, -0.05) is 23.7 Å². The number of halogens is 1. The topological polar surface area (TPSA) is 29.0 Å². The van der Waals surface area contributed by atoms with Crippen LogP contribution in [0.15, 0.2) is 36.4 Å². The van der Waals surface area contributed by atoms with Crippen molar-refractivity contribution in [2.75, 3.05) is 18.0 Å². The molecule has 4 heteroatoms. The molecule has 1 saturated heterocycles. The minimum atomic E-state index is 0.512. The summed E-state index contributed by atoms with van der Waals surface area (Å²) in [7, 11) is 0. The van der Waals surface area contributed by atoms with Gasteiger partial charge < -0.3 is 4.90 Å². The van der Waals surface area contributed by atoms with Crippen LogP contribution in [0.3, 0.4) is 0 Å². The van der Waals surface area contributed by atoms with Gasteiger partial charge in [0, 0.05) is 23.9 Å². The van der Waals surface area contributed by atoms with Crippen LogP contribution in [-0.4, -0.2) is 23.1 Å². The van der Waals surface area contributed by atoms with Crippen molar-refractivity contribution in [1.29, 1.82) is 0 Å². The first-order valence-electron chi connectivity index (χ1n) is 6.92. The van der Waals surface area contributed by atoms with Crippen molar-refractivity contribution in [1.82, 2.24) is 9.97 Å². The van der Waals surface area contributed by atoms with Gasteiger partial charge in [-0.3, -0.25) is 0 Å². The SMILES string of the molecule is Clc1ccc2ccc3ccc(N4CCCC4)nc3c2n1. The third-order valence-corrected chi connectivity index (χ3v) is 4.11. The summed E-state index contributed by atoms with van der Waals surface area (Å²) in [5, 5.41) is 2.70. The maximum absolute atomic E-state index is 6.04. The van der Waals surface area contributed by atoms with E-state index in [4.69, 9.17) is 16.6 Å². The second-order valence-electron chi connectivity index (χ2n) is 5.21. The fourth-order valence-corrected chi connectivity index (χ4v) is 3.00. The van der Waals surface area contributed by atoms with Crippen LogP contribution in [-0.2, 0) is 0 Å². The van der Waals surface area contributed by atoms with E-state index in [-0.39, 0.29) is 0 Å². The van der Waals surface area contributed by atoms with Gasteiger partial charge in [0.2, 0.25) is 0 Å². The van der Waals surface area contributed by atoms with E-state index in [1.807, 2.05) is 12.1 Å². The van der Waals surface area contributed by atoms with Crippen molar-refractivity contribution < 1.29 is 0 Å². The number of fused-ring (bicyclic) bond motifs is 3. The van der Waals surface area contributed by atoms with Crippen molar-refractivity contribution in [2.24, 2.45) is 0 Å². The lowest BCUT2D eigenvalue weighted by atomic mass is 10.1. The molecule has 0 spiro atoms. The van der Waals surface area contributed by atoms with Crippen LogP contribution in [0.1, 0.15) is 12.8 Å². The van der Waals surface area contributed by atoms with Crippen molar-refractivity contribution in [3.63, 3.8) is 0 Å². The lowest BCUT2D eigenvalue weighted by molar-refractivity contribution is 0.944. The molecule has 1 aromatic carbocycles. The fraction of sp³-hybridized carbons (Fsp3) is 0.250. The number of anilines is 1. The van der Waals surface area contributed by atoms with Crippen molar-refractivity contribution in [3.8, 4) is 0 Å². The molecule has 2 aromatic heterocycles. The Kier molecular flexibility index (Phi) is 2.74. The molecule has 4 rings (SSSR count). The maximum Gasteiger partial charge on any atom is 0.129 e. The predicted octanol–water partition coefficient (Wildman–Crippen LogP) is 4.04. The van der Waals surface area contributed by atoms with Gasteiger partial charge in [-0.05, 0) is 37.1 Å². The zero-order chi connectivity index (χ0) is 13.5. The van der Waals surface area contributed by atoms with Crippen molar-refractivity contribution in [2.45, 2.75) is 12.8 Å². The Morgan fingerprint density at radius 2 is 1.40 bits per heavy atom. The summed E-state index contributed by atoms with van der Waals surface area (Å²) in [6.07, 6.45) is 2.50. The van der Waals surface area contributed by atoms with Gasteiger partial charge in [-0.15, -0.1) is 0 Å². The normalized spacial score (nSPS) is 15.3. The molecule has 3 aromatic rings. The van der Waals surface area contributed by atoms with E-state index < -0.39 is 0 Å². The maximum atomic E-state index is 6.04. The minimum Gasteiger partial charge on any atom is -0.357 e. The average molecular weight is 284 g/mol. The molecular weight excluding hydrogens is 270 g/mol. The molecule has 0 atom stereocenters. The highest BCUT2D eigenvalue weighted by Gasteiger charge is 2.14. The second kappa shape index (κ2) is 4.60. The number of nitrogens with zero attached hydrogens (tertiary/aromatic N) is 3. The molecule has 1 fully saturated rings. The van der Waals surface area contributed by atoms with Crippen LogP contribution in [0, 0.1) is 0 Å². The molecule has 0 unspecified atom stereocenters. The predicted molar refractivity (Wildman–Crippen MR) is 83.5 cm³/mol. The standard InChI is InChI=1S/C16H14ClN3/c17-13-7-5-11-3-4-12-6-8-14(20-9-1-2-10-20)19-16(12)15(11)18-13/h3-8H,1-2,9-10H2. The minimum absolute atomic E-state index is 0.512. The van der Waals surface area contributed by atoms with Crippen LogP contribution in [0.25, 0.3) is 21.8 Å². The molecule has 0 bridgehead atoms. The molecule has 0 aliphatic carbocycles. The van der Waals surface area contributed by atoms with E-state index in [0.29, 0.717) is 5.15 Å². The van der Waals surface area contributed by atoms with Crippen LogP contribution < -0.4 is 4.90 Å². The zero-order valence-corrected chi connectivity index (χ0v) is 11.8. The Morgan fingerprint density at radius 3 is 2.15 bits per heavy atom. The molecule has 0 radical (unpaired) electrons. The van der Waals surface area contributed by atoms with Crippen LogP contribution in [0.4, 0.5) is 5.82 Å². The molecule has 1 aliphatic rings. The van der Waals surface area contributed by atoms with E-state index in [2.05, 4.69) is 34.1 Å². The summed E-state index contributed by atoms with van der Waals surface area (Å²) < 4.78 is 0. The molecule has 100 valence electrons. The Hall–Kier alpha value is -1.87. The Morgan fingerprint density at radius 1 is 0.800 bits per heavy atom. The smallest absolute Gasteiger partial charge is 0.129 e. The van der Waals surface area contributed by atoms with Gasteiger partial charge in [-0.25, -0.2) is 9.97 Å².